The molecule has 1 heterocycles. The number of benzene rings is 2. The maximum Gasteiger partial charge on any atom is 0.324 e. The number of urea groups is 1. The van der Waals surface area contributed by atoms with Crippen molar-refractivity contribution in [2.75, 3.05) is 4.90 Å². The summed E-state index contributed by atoms with van der Waals surface area (Å²) in [6, 6.07) is 21.1. The minimum atomic E-state index is -2.17. The fraction of sp³-hybridized carbons (Fsp3) is 0.333. The van der Waals surface area contributed by atoms with E-state index >= 15 is 0 Å². The second-order valence-corrected chi connectivity index (χ2v) is 11.8. The molecule has 1 unspecified atom stereocenters. The molecule has 1 atom stereocenters. The van der Waals surface area contributed by atoms with Gasteiger partial charge in [0.05, 0.1) is 0 Å². The number of amides is 3. The number of nitrogens with zero attached hydrogens (tertiary/aromatic N) is 2. The van der Waals surface area contributed by atoms with Crippen LogP contribution in [0.25, 0.3) is 0 Å². The standard InChI is InChI=1S/C21H26N2O2Si/c1-4-26(5-2,6-3)23-20(24)19(17-13-9-7-10-14-17)22(21(23)25)18-15-11-8-12-16-18/h7-16,19H,4-6H2,1-3H3. The highest BCUT2D eigenvalue weighted by atomic mass is 28.3. The van der Waals surface area contributed by atoms with Gasteiger partial charge in [0.2, 0.25) is 0 Å². The molecule has 1 aliphatic rings. The molecule has 0 saturated carbocycles. The zero-order chi connectivity index (χ0) is 18.7. The van der Waals surface area contributed by atoms with Crippen LogP contribution in [0, 0.1) is 0 Å². The molecule has 0 aromatic heterocycles. The fourth-order valence-electron chi connectivity index (χ4n) is 3.98. The van der Waals surface area contributed by atoms with Gasteiger partial charge in [-0.15, -0.1) is 0 Å². The lowest BCUT2D eigenvalue weighted by Gasteiger charge is -2.35. The van der Waals surface area contributed by atoms with Gasteiger partial charge < -0.3 is 0 Å². The van der Waals surface area contributed by atoms with Crippen molar-refractivity contribution in [2.45, 2.75) is 44.9 Å². The summed E-state index contributed by atoms with van der Waals surface area (Å²) in [5.74, 6) is -0.0673. The molecule has 0 spiro atoms. The summed E-state index contributed by atoms with van der Waals surface area (Å²) in [4.78, 5) is 28.7. The maximum absolute atomic E-state index is 13.5. The molecule has 3 amide bonds. The van der Waals surface area contributed by atoms with E-state index in [1.807, 2.05) is 60.7 Å². The second kappa shape index (κ2) is 7.46. The van der Waals surface area contributed by atoms with E-state index in [4.69, 9.17) is 0 Å². The van der Waals surface area contributed by atoms with Crippen LogP contribution >= 0.6 is 0 Å². The zero-order valence-electron chi connectivity index (χ0n) is 15.7. The molecule has 3 rings (SSSR count). The molecule has 1 saturated heterocycles. The lowest BCUT2D eigenvalue weighted by Crippen LogP contribution is -2.55. The SMILES string of the molecule is CC[Si](CC)(CC)N1C(=O)C(c2ccccc2)N(c2ccccc2)C1=O. The lowest BCUT2D eigenvalue weighted by molar-refractivity contribution is -0.124. The minimum Gasteiger partial charge on any atom is -0.291 e. The first-order chi connectivity index (χ1) is 12.6. The van der Waals surface area contributed by atoms with Gasteiger partial charge in [0, 0.05) is 5.69 Å². The van der Waals surface area contributed by atoms with E-state index in [0.29, 0.717) is 0 Å². The molecule has 0 aliphatic carbocycles. The van der Waals surface area contributed by atoms with Gasteiger partial charge in [-0.3, -0.25) is 14.3 Å². The van der Waals surface area contributed by atoms with Crippen molar-refractivity contribution in [2.24, 2.45) is 0 Å². The Bertz CT molecular complexity index is 709. The van der Waals surface area contributed by atoms with Crippen LogP contribution in [0.3, 0.4) is 0 Å². The van der Waals surface area contributed by atoms with Crippen molar-refractivity contribution in [1.82, 2.24) is 4.57 Å². The van der Waals surface area contributed by atoms with E-state index < -0.39 is 14.3 Å². The Morgan fingerprint density at radius 1 is 0.808 bits per heavy atom. The molecule has 0 radical (unpaired) electrons. The molecule has 2 aromatic carbocycles. The van der Waals surface area contributed by atoms with Crippen molar-refractivity contribution in [3.63, 3.8) is 0 Å². The third-order valence-electron chi connectivity index (χ3n) is 5.71. The van der Waals surface area contributed by atoms with E-state index in [1.54, 1.807) is 9.47 Å². The van der Waals surface area contributed by atoms with Crippen LogP contribution in [0.4, 0.5) is 10.5 Å². The molecule has 0 bridgehead atoms. The largest absolute Gasteiger partial charge is 0.324 e. The number of para-hydroxylation sites is 1. The topological polar surface area (TPSA) is 40.6 Å². The van der Waals surface area contributed by atoms with Crippen molar-refractivity contribution in [3.05, 3.63) is 66.2 Å². The summed E-state index contributed by atoms with van der Waals surface area (Å²) in [6.45, 7) is 6.34. The quantitative estimate of drug-likeness (QED) is 0.521. The van der Waals surface area contributed by atoms with Crippen LogP contribution in [0.2, 0.25) is 18.1 Å². The van der Waals surface area contributed by atoms with Gasteiger partial charge in [-0.2, -0.15) is 0 Å². The molecule has 26 heavy (non-hydrogen) atoms. The molecular formula is C21H26N2O2Si. The summed E-state index contributed by atoms with van der Waals surface area (Å²) < 4.78 is 1.66. The van der Waals surface area contributed by atoms with Crippen LogP contribution in [0.15, 0.2) is 60.7 Å². The van der Waals surface area contributed by atoms with Gasteiger partial charge in [0.25, 0.3) is 5.91 Å². The molecule has 136 valence electrons. The van der Waals surface area contributed by atoms with Crippen molar-refractivity contribution in [3.8, 4) is 0 Å². The number of anilines is 1. The predicted molar refractivity (Wildman–Crippen MR) is 108 cm³/mol. The Morgan fingerprint density at radius 2 is 1.31 bits per heavy atom. The molecule has 1 fully saturated rings. The normalized spacial score (nSPS) is 17.9. The summed E-state index contributed by atoms with van der Waals surface area (Å²) in [5.41, 5.74) is 1.64. The third-order valence-corrected chi connectivity index (χ3v) is 11.0. The molecule has 2 aromatic rings. The van der Waals surface area contributed by atoms with E-state index in [-0.39, 0.29) is 11.9 Å². The summed E-state index contributed by atoms with van der Waals surface area (Å²) in [5, 5.41) is 0. The third kappa shape index (κ3) is 2.86. The van der Waals surface area contributed by atoms with Gasteiger partial charge in [0.1, 0.15) is 6.04 Å². The zero-order valence-corrected chi connectivity index (χ0v) is 16.7. The van der Waals surface area contributed by atoms with Gasteiger partial charge in [-0.05, 0) is 35.8 Å². The van der Waals surface area contributed by atoms with Crippen LogP contribution in [0.5, 0.6) is 0 Å². The Labute approximate surface area is 156 Å². The highest BCUT2D eigenvalue weighted by Gasteiger charge is 2.54. The average molecular weight is 367 g/mol. The van der Waals surface area contributed by atoms with Gasteiger partial charge >= 0.3 is 6.03 Å². The minimum absolute atomic E-state index is 0.0673. The second-order valence-electron chi connectivity index (χ2n) is 6.76. The van der Waals surface area contributed by atoms with Gasteiger partial charge in [-0.25, -0.2) is 4.79 Å². The highest BCUT2D eigenvalue weighted by Crippen LogP contribution is 2.40. The lowest BCUT2D eigenvalue weighted by atomic mass is 10.1. The van der Waals surface area contributed by atoms with E-state index in [9.17, 15) is 9.59 Å². The first kappa shape index (κ1) is 18.4. The van der Waals surface area contributed by atoms with Crippen molar-refractivity contribution < 1.29 is 9.59 Å². The number of carbonyl (C=O) groups excluding carboxylic acids is 2. The molecular weight excluding hydrogens is 340 g/mol. The molecule has 1 aliphatic heterocycles. The molecule has 0 N–H and O–H groups in total. The van der Waals surface area contributed by atoms with Crippen LogP contribution in [-0.4, -0.2) is 24.7 Å². The Balaban J connectivity index is 2.15. The van der Waals surface area contributed by atoms with Gasteiger partial charge in [0.15, 0.2) is 8.24 Å². The maximum atomic E-state index is 13.5. The summed E-state index contributed by atoms with van der Waals surface area (Å²) >= 11 is 0. The Morgan fingerprint density at radius 3 is 1.81 bits per heavy atom. The molecule has 4 nitrogen and oxygen atoms in total. The first-order valence-electron chi connectivity index (χ1n) is 9.37. The monoisotopic (exact) mass is 366 g/mol. The van der Waals surface area contributed by atoms with E-state index in [0.717, 1.165) is 29.4 Å². The number of hydrogen-bond donors (Lipinski definition) is 0. The van der Waals surface area contributed by atoms with Crippen molar-refractivity contribution in [1.29, 1.82) is 0 Å². The van der Waals surface area contributed by atoms with E-state index in [2.05, 4.69) is 20.8 Å². The number of hydrogen-bond acceptors (Lipinski definition) is 2. The smallest absolute Gasteiger partial charge is 0.291 e. The van der Waals surface area contributed by atoms with E-state index in [1.165, 1.54) is 0 Å². The van der Waals surface area contributed by atoms with Crippen LogP contribution in [-0.2, 0) is 4.79 Å². The highest BCUT2D eigenvalue weighted by molar-refractivity contribution is 6.81. The predicted octanol–water partition coefficient (Wildman–Crippen LogP) is 5.20. The Kier molecular flexibility index (Phi) is 5.27. The number of carbonyl (C=O) groups is 2. The van der Waals surface area contributed by atoms with Crippen LogP contribution in [0.1, 0.15) is 32.4 Å². The first-order valence-corrected chi connectivity index (χ1v) is 11.9. The summed E-state index contributed by atoms with van der Waals surface area (Å²) in [6.07, 6.45) is 0. The van der Waals surface area contributed by atoms with Crippen molar-refractivity contribution >= 4 is 25.9 Å². The fourth-order valence-corrected chi connectivity index (χ4v) is 7.53. The molecule has 5 heteroatoms. The van der Waals surface area contributed by atoms with Crippen LogP contribution < -0.4 is 4.90 Å². The summed E-state index contributed by atoms with van der Waals surface area (Å²) in [7, 11) is -2.17. The average Bonchev–Trinajstić information content (AvgIpc) is 2.96. The van der Waals surface area contributed by atoms with Gasteiger partial charge in [-0.1, -0.05) is 69.3 Å². The number of imide groups is 1. The number of rotatable bonds is 6. The Hall–Kier alpha value is -2.40.